The summed E-state index contributed by atoms with van der Waals surface area (Å²) in [6.45, 7) is 1.25. The number of amides is 1. The summed E-state index contributed by atoms with van der Waals surface area (Å²) in [5.41, 5.74) is 1.47. The predicted molar refractivity (Wildman–Crippen MR) is 129 cm³/mol. The van der Waals surface area contributed by atoms with Crippen molar-refractivity contribution in [3.63, 3.8) is 0 Å². The minimum absolute atomic E-state index is 0.0219. The van der Waals surface area contributed by atoms with Gasteiger partial charge < -0.3 is 10.2 Å². The number of hydrogen-bond donors (Lipinski definition) is 1. The van der Waals surface area contributed by atoms with Gasteiger partial charge in [-0.3, -0.25) is 9.10 Å². The second-order valence-corrected chi connectivity index (χ2v) is 9.81. The van der Waals surface area contributed by atoms with Gasteiger partial charge in [0.05, 0.1) is 22.2 Å². The third-order valence-corrected chi connectivity index (χ3v) is 6.89. The van der Waals surface area contributed by atoms with Crippen LogP contribution >= 0.6 is 11.6 Å². The highest BCUT2D eigenvalue weighted by Crippen LogP contribution is 2.32. The van der Waals surface area contributed by atoms with Gasteiger partial charge in [-0.05, 0) is 50.0 Å². The molecule has 0 saturated carbocycles. The summed E-state index contributed by atoms with van der Waals surface area (Å²) < 4.78 is 28.7. The molecule has 0 saturated heterocycles. The zero-order valence-corrected chi connectivity index (χ0v) is 19.6. The number of halogens is 1. The van der Waals surface area contributed by atoms with Crippen LogP contribution in [0.5, 0.6) is 0 Å². The number of anilines is 1. The Bertz CT molecular complexity index is 1170. The molecule has 0 heterocycles. The molecule has 3 aromatic carbocycles. The highest BCUT2D eigenvalue weighted by Gasteiger charge is 2.27. The molecule has 0 aliphatic carbocycles. The van der Waals surface area contributed by atoms with Crippen LogP contribution in [-0.2, 0) is 16.6 Å². The highest BCUT2D eigenvalue weighted by atomic mass is 35.5. The number of nitrogens with zero attached hydrogens (tertiary/aromatic N) is 2. The van der Waals surface area contributed by atoms with E-state index in [0.29, 0.717) is 23.8 Å². The Morgan fingerprint density at radius 3 is 2.31 bits per heavy atom. The lowest BCUT2D eigenvalue weighted by Gasteiger charge is -2.26. The lowest BCUT2D eigenvalue weighted by molar-refractivity contribution is 0.0951. The van der Waals surface area contributed by atoms with Crippen LogP contribution in [0.25, 0.3) is 0 Å². The Hall–Kier alpha value is -2.87. The number of carbonyl (C=O) groups excluding carboxylic acids is 1. The Morgan fingerprint density at radius 2 is 1.62 bits per heavy atom. The number of benzene rings is 3. The molecule has 0 fully saturated rings. The maximum absolute atomic E-state index is 13.7. The van der Waals surface area contributed by atoms with Crippen molar-refractivity contribution in [2.75, 3.05) is 31.5 Å². The van der Waals surface area contributed by atoms with Crippen LogP contribution in [0.15, 0.2) is 83.8 Å². The van der Waals surface area contributed by atoms with Gasteiger partial charge in [0, 0.05) is 18.7 Å². The number of hydrogen-bond acceptors (Lipinski definition) is 4. The molecular formula is C24H26ClN3O3S. The average Bonchev–Trinajstić information content (AvgIpc) is 2.78. The number of sulfonamides is 1. The average molecular weight is 472 g/mol. The van der Waals surface area contributed by atoms with E-state index in [4.69, 9.17) is 11.6 Å². The molecule has 0 aliphatic rings. The Kier molecular flexibility index (Phi) is 7.90. The van der Waals surface area contributed by atoms with Gasteiger partial charge in [-0.2, -0.15) is 0 Å². The summed E-state index contributed by atoms with van der Waals surface area (Å²) in [5.74, 6) is -0.323. The molecule has 1 N–H and O–H groups in total. The van der Waals surface area contributed by atoms with Crippen molar-refractivity contribution in [1.29, 1.82) is 0 Å². The fraction of sp³-hybridized carbons (Fsp3) is 0.208. The molecule has 1 amide bonds. The van der Waals surface area contributed by atoms with Crippen molar-refractivity contribution in [2.24, 2.45) is 0 Å². The summed E-state index contributed by atoms with van der Waals surface area (Å²) in [4.78, 5) is 14.5. The number of likely N-dealkylation sites (N-methyl/N-ethyl adjacent to an activating group) is 1. The SMILES string of the molecule is CN(C)CCNC(=O)c1cccc(S(=O)(=O)N(Cc2ccccc2)c2ccccc2Cl)c1. The van der Waals surface area contributed by atoms with Crippen LogP contribution in [0.2, 0.25) is 5.02 Å². The summed E-state index contributed by atoms with van der Waals surface area (Å²) >= 11 is 6.37. The second kappa shape index (κ2) is 10.6. The topological polar surface area (TPSA) is 69.7 Å². The van der Waals surface area contributed by atoms with E-state index in [-0.39, 0.29) is 22.9 Å². The Morgan fingerprint density at radius 1 is 0.938 bits per heavy atom. The van der Waals surface area contributed by atoms with Gasteiger partial charge in [-0.25, -0.2) is 8.42 Å². The number of para-hydroxylation sites is 1. The molecule has 3 aromatic rings. The van der Waals surface area contributed by atoms with Crippen LogP contribution in [0, 0.1) is 0 Å². The third kappa shape index (κ3) is 5.88. The van der Waals surface area contributed by atoms with Crippen LogP contribution in [0.3, 0.4) is 0 Å². The maximum atomic E-state index is 13.7. The third-order valence-electron chi connectivity index (χ3n) is 4.82. The molecule has 0 radical (unpaired) electrons. The molecule has 32 heavy (non-hydrogen) atoms. The minimum atomic E-state index is -4.00. The van der Waals surface area contributed by atoms with Gasteiger partial charge >= 0.3 is 0 Å². The molecule has 0 aliphatic heterocycles. The summed E-state index contributed by atoms with van der Waals surface area (Å²) in [6, 6.07) is 22.1. The highest BCUT2D eigenvalue weighted by molar-refractivity contribution is 7.92. The first-order chi connectivity index (χ1) is 15.3. The standard InChI is InChI=1S/C24H26ClN3O3S/c1-27(2)16-15-26-24(29)20-11-8-12-21(17-20)32(30,31)28(18-19-9-4-3-5-10-19)23-14-7-6-13-22(23)25/h3-14,17H,15-16,18H2,1-2H3,(H,26,29). The lowest BCUT2D eigenvalue weighted by Crippen LogP contribution is -2.32. The lowest BCUT2D eigenvalue weighted by atomic mass is 10.2. The van der Waals surface area contributed by atoms with Crippen LogP contribution in [-0.4, -0.2) is 46.4 Å². The van der Waals surface area contributed by atoms with Gasteiger partial charge in [0.15, 0.2) is 0 Å². The number of nitrogens with one attached hydrogen (secondary N) is 1. The summed E-state index contributed by atoms with van der Waals surface area (Å²) in [6.07, 6.45) is 0. The first-order valence-electron chi connectivity index (χ1n) is 10.1. The molecule has 168 valence electrons. The van der Waals surface area contributed by atoms with Crippen LogP contribution < -0.4 is 9.62 Å². The monoisotopic (exact) mass is 471 g/mol. The van der Waals surface area contributed by atoms with Crippen LogP contribution in [0.1, 0.15) is 15.9 Å². The first-order valence-corrected chi connectivity index (χ1v) is 11.9. The molecule has 0 unspecified atom stereocenters. The van der Waals surface area contributed by atoms with E-state index >= 15 is 0 Å². The largest absolute Gasteiger partial charge is 0.351 e. The molecule has 6 nitrogen and oxygen atoms in total. The smallest absolute Gasteiger partial charge is 0.264 e. The normalized spacial score (nSPS) is 11.4. The predicted octanol–water partition coefficient (Wildman–Crippen LogP) is 4.03. The molecule has 3 rings (SSSR count). The number of carbonyl (C=O) groups is 1. The molecule has 0 bridgehead atoms. The minimum Gasteiger partial charge on any atom is -0.351 e. The molecule has 0 spiro atoms. The summed E-state index contributed by atoms with van der Waals surface area (Å²) in [5, 5.41) is 3.13. The van der Waals surface area contributed by atoms with Crippen molar-refractivity contribution in [2.45, 2.75) is 11.4 Å². The summed E-state index contributed by atoms with van der Waals surface area (Å²) in [7, 11) is -0.180. The zero-order chi connectivity index (χ0) is 23.1. The van der Waals surface area contributed by atoms with Crippen molar-refractivity contribution in [3.8, 4) is 0 Å². The molecular weight excluding hydrogens is 446 g/mol. The zero-order valence-electron chi connectivity index (χ0n) is 18.0. The molecule has 0 aromatic heterocycles. The van der Waals surface area contributed by atoms with Gasteiger partial charge in [0.25, 0.3) is 15.9 Å². The van der Waals surface area contributed by atoms with Crippen molar-refractivity contribution < 1.29 is 13.2 Å². The van der Waals surface area contributed by atoms with E-state index in [1.165, 1.54) is 16.4 Å². The first kappa shape index (κ1) is 23.8. The maximum Gasteiger partial charge on any atom is 0.264 e. The van der Waals surface area contributed by atoms with Crippen LogP contribution in [0.4, 0.5) is 5.69 Å². The molecule has 0 atom stereocenters. The van der Waals surface area contributed by atoms with E-state index in [1.54, 1.807) is 36.4 Å². The van der Waals surface area contributed by atoms with Gasteiger partial charge in [-0.1, -0.05) is 60.1 Å². The quantitative estimate of drug-likeness (QED) is 0.511. The van der Waals surface area contributed by atoms with Crippen molar-refractivity contribution in [1.82, 2.24) is 10.2 Å². The number of rotatable bonds is 9. The second-order valence-electron chi connectivity index (χ2n) is 7.54. The van der Waals surface area contributed by atoms with Gasteiger partial charge in [0.2, 0.25) is 0 Å². The van der Waals surface area contributed by atoms with E-state index in [9.17, 15) is 13.2 Å². The Labute approximate surface area is 194 Å². The van der Waals surface area contributed by atoms with E-state index in [2.05, 4.69) is 5.32 Å². The fourth-order valence-electron chi connectivity index (χ4n) is 3.12. The van der Waals surface area contributed by atoms with E-state index in [0.717, 1.165) is 5.56 Å². The van der Waals surface area contributed by atoms with Gasteiger partial charge in [0.1, 0.15) is 0 Å². The van der Waals surface area contributed by atoms with E-state index in [1.807, 2.05) is 49.3 Å². The van der Waals surface area contributed by atoms with E-state index < -0.39 is 10.0 Å². The van der Waals surface area contributed by atoms with Crippen molar-refractivity contribution >= 4 is 33.2 Å². The fourth-order valence-corrected chi connectivity index (χ4v) is 4.93. The van der Waals surface area contributed by atoms with Gasteiger partial charge in [-0.15, -0.1) is 0 Å². The van der Waals surface area contributed by atoms with Crippen molar-refractivity contribution in [3.05, 3.63) is 95.0 Å². The molecule has 8 heteroatoms. The Balaban J connectivity index is 1.96.